The van der Waals surface area contributed by atoms with Gasteiger partial charge in [-0.3, -0.25) is 9.59 Å². The Bertz CT molecular complexity index is 1060. The average Bonchev–Trinajstić information content (AvgIpc) is 3.52. The van der Waals surface area contributed by atoms with Crippen LogP contribution in [-0.4, -0.2) is 53.1 Å². The third kappa shape index (κ3) is 5.41. The average molecular weight is 470 g/mol. The van der Waals surface area contributed by atoms with E-state index in [1.165, 1.54) is 0 Å². The number of thiazole rings is 1. The van der Waals surface area contributed by atoms with Crippen molar-refractivity contribution in [2.45, 2.75) is 12.6 Å². The molecule has 0 radical (unpaired) electrons. The molecule has 0 saturated carbocycles. The summed E-state index contributed by atoms with van der Waals surface area (Å²) in [5.41, 5.74) is 1.85. The van der Waals surface area contributed by atoms with Gasteiger partial charge in [0, 0.05) is 16.7 Å². The number of carbonyl (C=O) groups is 2. The quantitative estimate of drug-likeness (QED) is 0.545. The highest BCUT2D eigenvalue weighted by Crippen LogP contribution is 2.24. The zero-order chi connectivity index (χ0) is 22.3. The Morgan fingerprint density at radius 1 is 1.12 bits per heavy atom. The van der Waals surface area contributed by atoms with Gasteiger partial charge >= 0.3 is 0 Å². The van der Waals surface area contributed by atoms with Gasteiger partial charge in [-0.25, -0.2) is 4.98 Å². The SMILES string of the molecule is COc1ccc(OCC(=O)N2CSCC2C(=O)NCc2csc(-c3ccccc3)n2)cc1. The molecule has 166 valence electrons. The molecule has 9 heteroatoms. The van der Waals surface area contributed by atoms with E-state index < -0.39 is 6.04 Å². The van der Waals surface area contributed by atoms with Gasteiger partial charge in [0.15, 0.2) is 6.61 Å². The Labute approximate surface area is 194 Å². The van der Waals surface area contributed by atoms with Gasteiger partial charge in [-0.05, 0) is 24.3 Å². The molecule has 32 heavy (non-hydrogen) atoms. The minimum absolute atomic E-state index is 0.122. The van der Waals surface area contributed by atoms with Crippen molar-refractivity contribution >= 4 is 34.9 Å². The van der Waals surface area contributed by atoms with Gasteiger partial charge in [-0.2, -0.15) is 0 Å². The molecule has 2 amide bonds. The summed E-state index contributed by atoms with van der Waals surface area (Å²) in [5.74, 6) is 1.93. The minimum atomic E-state index is -0.515. The Balaban J connectivity index is 1.29. The lowest BCUT2D eigenvalue weighted by Gasteiger charge is -2.23. The molecule has 0 aliphatic carbocycles. The van der Waals surface area contributed by atoms with E-state index in [1.807, 2.05) is 35.7 Å². The Morgan fingerprint density at radius 3 is 2.62 bits per heavy atom. The number of nitrogens with one attached hydrogen (secondary N) is 1. The number of aromatic nitrogens is 1. The molecule has 1 unspecified atom stereocenters. The van der Waals surface area contributed by atoms with Crippen molar-refractivity contribution in [3.05, 3.63) is 65.7 Å². The molecule has 2 heterocycles. The number of ether oxygens (including phenoxy) is 2. The van der Waals surface area contributed by atoms with E-state index in [0.29, 0.717) is 29.7 Å². The number of nitrogens with zero attached hydrogens (tertiary/aromatic N) is 2. The van der Waals surface area contributed by atoms with E-state index in [1.54, 1.807) is 59.4 Å². The van der Waals surface area contributed by atoms with Crippen LogP contribution in [0.25, 0.3) is 10.6 Å². The summed E-state index contributed by atoms with van der Waals surface area (Å²) in [6, 6.07) is 16.4. The molecule has 1 saturated heterocycles. The summed E-state index contributed by atoms with van der Waals surface area (Å²) in [7, 11) is 1.59. The molecular weight excluding hydrogens is 446 g/mol. The molecule has 7 nitrogen and oxygen atoms in total. The Morgan fingerprint density at radius 2 is 1.88 bits per heavy atom. The van der Waals surface area contributed by atoms with E-state index in [4.69, 9.17) is 9.47 Å². The molecule has 1 aliphatic heterocycles. The molecule has 3 aromatic rings. The number of hydrogen-bond donors (Lipinski definition) is 1. The molecule has 4 rings (SSSR count). The molecule has 2 aromatic carbocycles. The lowest BCUT2D eigenvalue weighted by molar-refractivity contribution is -0.139. The molecule has 0 spiro atoms. The van der Waals surface area contributed by atoms with Crippen molar-refractivity contribution in [1.29, 1.82) is 0 Å². The number of rotatable bonds is 8. The van der Waals surface area contributed by atoms with Crippen molar-refractivity contribution in [3.63, 3.8) is 0 Å². The van der Waals surface area contributed by atoms with Crippen molar-refractivity contribution in [3.8, 4) is 22.1 Å². The number of benzene rings is 2. The van der Waals surface area contributed by atoms with E-state index in [-0.39, 0.29) is 18.4 Å². The third-order valence-electron chi connectivity index (χ3n) is 4.94. The van der Waals surface area contributed by atoms with Crippen LogP contribution in [0.1, 0.15) is 5.69 Å². The lowest BCUT2D eigenvalue weighted by Crippen LogP contribution is -2.48. The van der Waals surface area contributed by atoms with E-state index >= 15 is 0 Å². The summed E-state index contributed by atoms with van der Waals surface area (Å²) in [5, 5.41) is 5.78. The largest absolute Gasteiger partial charge is 0.497 e. The zero-order valence-corrected chi connectivity index (χ0v) is 19.2. The molecule has 1 N–H and O–H groups in total. The van der Waals surface area contributed by atoms with Gasteiger partial charge in [-0.1, -0.05) is 30.3 Å². The zero-order valence-electron chi connectivity index (χ0n) is 17.5. The second-order valence-corrected chi connectivity index (χ2v) is 8.93. The van der Waals surface area contributed by atoms with Gasteiger partial charge in [0.2, 0.25) is 5.91 Å². The number of methoxy groups -OCH3 is 1. The molecule has 1 atom stereocenters. The summed E-state index contributed by atoms with van der Waals surface area (Å²) in [4.78, 5) is 31.6. The second-order valence-electron chi connectivity index (χ2n) is 7.07. The number of hydrogen-bond acceptors (Lipinski definition) is 7. The maximum atomic E-state index is 12.8. The van der Waals surface area contributed by atoms with E-state index in [2.05, 4.69) is 10.3 Å². The van der Waals surface area contributed by atoms with Crippen LogP contribution in [0, 0.1) is 0 Å². The van der Waals surface area contributed by atoms with Crippen LogP contribution in [0.5, 0.6) is 11.5 Å². The number of amides is 2. The van der Waals surface area contributed by atoms with Crippen molar-refractivity contribution < 1.29 is 19.1 Å². The first kappa shape index (κ1) is 22.2. The van der Waals surface area contributed by atoms with Crippen LogP contribution in [0.2, 0.25) is 0 Å². The number of carbonyl (C=O) groups excluding carboxylic acids is 2. The summed E-state index contributed by atoms with van der Waals surface area (Å²) in [6.45, 7) is 0.205. The maximum Gasteiger partial charge on any atom is 0.261 e. The van der Waals surface area contributed by atoms with Gasteiger partial charge in [0.25, 0.3) is 5.91 Å². The fourth-order valence-corrected chi connectivity index (χ4v) is 5.21. The first-order chi connectivity index (χ1) is 15.6. The monoisotopic (exact) mass is 469 g/mol. The van der Waals surface area contributed by atoms with Crippen LogP contribution in [-0.2, 0) is 16.1 Å². The topological polar surface area (TPSA) is 80.8 Å². The number of thioether (sulfide) groups is 1. The standard InChI is InChI=1S/C23H23N3O4S2/c1-29-18-7-9-19(10-8-18)30-12-21(27)26-15-31-14-20(26)22(28)24-11-17-13-32-23(25-17)16-5-3-2-4-6-16/h2-10,13,20H,11-12,14-15H2,1H3,(H,24,28). The Hall–Kier alpha value is -3.04. The van der Waals surface area contributed by atoms with E-state index in [0.717, 1.165) is 16.3 Å². The van der Waals surface area contributed by atoms with Gasteiger partial charge in [0.1, 0.15) is 22.5 Å². The fourth-order valence-electron chi connectivity index (χ4n) is 3.20. The lowest BCUT2D eigenvalue weighted by atomic mass is 10.2. The predicted octanol–water partition coefficient (Wildman–Crippen LogP) is 3.42. The summed E-state index contributed by atoms with van der Waals surface area (Å²) >= 11 is 3.10. The van der Waals surface area contributed by atoms with Crippen LogP contribution < -0.4 is 14.8 Å². The van der Waals surface area contributed by atoms with Crippen molar-refractivity contribution in [2.75, 3.05) is 25.3 Å². The minimum Gasteiger partial charge on any atom is -0.497 e. The maximum absolute atomic E-state index is 12.8. The fraction of sp³-hybridized carbons (Fsp3) is 0.261. The molecular formula is C23H23N3O4S2. The third-order valence-corrected chi connectivity index (χ3v) is 6.90. The molecule has 1 aliphatic rings. The predicted molar refractivity (Wildman–Crippen MR) is 126 cm³/mol. The molecule has 1 fully saturated rings. The first-order valence-corrected chi connectivity index (χ1v) is 12.1. The van der Waals surface area contributed by atoms with E-state index in [9.17, 15) is 9.59 Å². The highest BCUT2D eigenvalue weighted by Gasteiger charge is 2.34. The highest BCUT2D eigenvalue weighted by molar-refractivity contribution is 7.99. The Kier molecular flexibility index (Phi) is 7.28. The highest BCUT2D eigenvalue weighted by atomic mass is 32.2. The summed E-state index contributed by atoms with van der Waals surface area (Å²) in [6.07, 6.45) is 0. The van der Waals surface area contributed by atoms with Crippen LogP contribution in [0.4, 0.5) is 0 Å². The first-order valence-electron chi connectivity index (χ1n) is 10.1. The van der Waals surface area contributed by atoms with Crippen LogP contribution in [0.15, 0.2) is 60.0 Å². The van der Waals surface area contributed by atoms with Gasteiger partial charge < -0.3 is 19.7 Å². The summed E-state index contributed by atoms with van der Waals surface area (Å²) < 4.78 is 10.7. The second kappa shape index (κ2) is 10.5. The van der Waals surface area contributed by atoms with Gasteiger partial charge in [-0.15, -0.1) is 23.1 Å². The van der Waals surface area contributed by atoms with Crippen LogP contribution in [0.3, 0.4) is 0 Å². The van der Waals surface area contributed by atoms with Crippen LogP contribution >= 0.6 is 23.1 Å². The normalized spacial score (nSPS) is 15.4. The smallest absolute Gasteiger partial charge is 0.261 e. The van der Waals surface area contributed by atoms with Crippen molar-refractivity contribution in [2.24, 2.45) is 0 Å². The van der Waals surface area contributed by atoms with Gasteiger partial charge in [0.05, 0.1) is 25.2 Å². The molecule has 0 bridgehead atoms. The molecule has 1 aromatic heterocycles. The van der Waals surface area contributed by atoms with Crippen molar-refractivity contribution in [1.82, 2.24) is 15.2 Å².